The van der Waals surface area contributed by atoms with E-state index in [1.54, 1.807) is 17.0 Å². The molecule has 140 valence electrons. The summed E-state index contributed by atoms with van der Waals surface area (Å²) >= 11 is 0. The van der Waals surface area contributed by atoms with Gasteiger partial charge in [-0.1, -0.05) is 24.3 Å². The van der Waals surface area contributed by atoms with Gasteiger partial charge >= 0.3 is 0 Å². The van der Waals surface area contributed by atoms with E-state index in [2.05, 4.69) is 5.10 Å². The van der Waals surface area contributed by atoms with E-state index in [9.17, 15) is 9.18 Å². The molecule has 0 radical (unpaired) electrons. The summed E-state index contributed by atoms with van der Waals surface area (Å²) in [6.45, 7) is 7.69. The molecule has 0 N–H and O–H groups in total. The molecule has 4 nitrogen and oxygen atoms in total. The minimum atomic E-state index is -0.272. The van der Waals surface area contributed by atoms with Crippen LogP contribution in [0.25, 0.3) is 0 Å². The summed E-state index contributed by atoms with van der Waals surface area (Å²) in [4.78, 5) is 14.6. The number of aromatic nitrogens is 2. The number of nitrogens with zero attached hydrogens (tertiary/aromatic N) is 3. The van der Waals surface area contributed by atoms with Gasteiger partial charge in [0.15, 0.2) is 0 Å². The Hall–Kier alpha value is -2.95. The predicted octanol–water partition coefficient (Wildman–Crippen LogP) is 4.35. The molecular weight excluding hydrogens is 341 g/mol. The zero-order chi connectivity index (χ0) is 19.4. The van der Waals surface area contributed by atoms with Crippen molar-refractivity contribution in [2.75, 3.05) is 6.54 Å². The van der Waals surface area contributed by atoms with Crippen molar-refractivity contribution in [1.29, 1.82) is 0 Å². The van der Waals surface area contributed by atoms with Crippen molar-refractivity contribution in [2.45, 2.75) is 33.9 Å². The van der Waals surface area contributed by atoms with Crippen molar-refractivity contribution in [1.82, 2.24) is 14.7 Å². The fraction of sp³-hybridized carbons (Fsp3) is 0.273. The summed E-state index contributed by atoms with van der Waals surface area (Å²) < 4.78 is 15.0. The normalized spacial score (nSPS) is 10.8. The smallest absolute Gasteiger partial charge is 0.254 e. The van der Waals surface area contributed by atoms with Crippen LogP contribution in [-0.4, -0.2) is 27.1 Å². The van der Waals surface area contributed by atoms with Gasteiger partial charge < -0.3 is 4.90 Å². The summed E-state index contributed by atoms with van der Waals surface area (Å²) in [5, 5.41) is 4.47. The molecule has 0 fully saturated rings. The minimum absolute atomic E-state index is 0.0283. The van der Waals surface area contributed by atoms with Gasteiger partial charge in [-0.15, -0.1) is 0 Å². The molecule has 1 amide bonds. The van der Waals surface area contributed by atoms with Crippen LogP contribution < -0.4 is 0 Å². The Morgan fingerprint density at radius 3 is 2.22 bits per heavy atom. The van der Waals surface area contributed by atoms with Gasteiger partial charge in [-0.2, -0.15) is 5.10 Å². The monoisotopic (exact) mass is 365 g/mol. The van der Waals surface area contributed by atoms with Crippen LogP contribution in [-0.2, 0) is 13.1 Å². The Labute approximate surface area is 159 Å². The van der Waals surface area contributed by atoms with Crippen molar-refractivity contribution in [2.24, 2.45) is 0 Å². The van der Waals surface area contributed by atoms with Crippen LogP contribution >= 0.6 is 0 Å². The van der Waals surface area contributed by atoms with Gasteiger partial charge in [0.1, 0.15) is 5.82 Å². The molecule has 2 aromatic carbocycles. The molecule has 27 heavy (non-hydrogen) atoms. The maximum absolute atomic E-state index is 13.1. The predicted molar refractivity (Wildman–Crippen MR) is 104 cm³/mol. The number of carbonyl (C=O) groups excluding carboxylic acids is 1. The highest BCUT2D eigenvalue weighted by Crippen LogP contribution is 2.13. The summed E-state index contributed by atoms with van der Waals surface area (Å²) in [5.41, 5.74) is 4.77. The number of rotatable bonds is 6. The van der Waals surface area contributed by atoms with E-state index in [1.807, 2.05) is 55.8 Å². The number of hydrogen-bond acceptors (Lipinski definition) is 2. The molecule has 1 aromatic heterocycles. The SMILES string of the molecule is CCN(Cc1ccc(F)cc1)C(=O)c1ccc(Cn2nc(C)cc2C)cc1. The first kappa shape index (κ1) is 18.8. The third kappa shape index (κ3) is 4.61. The lowest BCUT2D eigenvalue weighted by Crippen LogP contribution is -2.30. The van der Waals surface area contributed by atoms with Gasteiger partial charge in [-0.3, -0.25) is 9.48 Å². The molecule has 0 bridgehead atoms. The highest BCUT2D eigenvalue weighted by Gasteiger charge is 2.15. The molecule has 0 aliphatic rings. The Morgan fingerprint density at radius 2 is 1.67 bits per heavy atom. The molecule has 0 saturated carbocycles. The Balaban J connectivity index is 1.69. The molecule has 3 rings (SSSR count). The first-order chi connectivity index (χ1) is 13.0. The Kier molecular flexibility index (Phi) is 5.69. The first-order valence-corrected chi connectivity index (χ1v) is 9.10. The van der Waals surface area contributed by atoms with E-state index in [0.717, 1.165) is 22.5 Å². The summed E-state index contributed by atoms with van der Waals surface area (Å²) in [7, 11) is 0. The van der Waals surface area contributed by atoms with Gasteiger partial charge in [-0.05, 0) is 62.2 Å². The Morgan fingerprint density at radius 1 is 1.04 bits per heavy atom. The van der Waals surface area contributed by atoms with Crippen molar-refractivity contribution < 1.29 is 9.18 Å². The zero-order valence-corrected chi connectivity index (χ0v) is 15.9. The molecule has 0 spiro atoms. The lowest BCUT2D eigenvalue weighted by atomic mass is 10.1. The van der Waals surface area contributed by atoms with Crippen LogP contribution in [0.4, 0.5) is 4.39 Å². The Bertz CT molecular complexity index is 914. The minimum Gasteiger partial charge on any atom is -0.335 e. The number of halogens is 1. The zero-order valence-electron chi connectivity index (χ0n) is 15.9. The van der Waals surface area contributed by atoms with Gasteiger partial charge in [0.05, 0.1) is 12.2 Å². The van der Waals surface area contributed by atoms with Crippen LogP contribution in [0, 0.1) is 19.7 Å². The van der Waals surface area contributed by atoms with E-state index in [0.29, 0.717) is 25.2 Å². The lowest BCUT2D eigenvalue weighted by Gasteiger charge is -2.21. The van der Waals surface area contributed by atoms with Crippen LogP contribution in [0.3, 0.4) is 0 Å². The van der Waals surface area contributed by atoms with Gasteiger partial charge in [0.2, 0.25) is 0 Å². The van der Waals surface area contributed by atoms with Crippen LogP contribution in [0.1, 0.15) is 39.8 Å². The van der Waals surface area contributed by atoms with Crippen molar-refractivity contribution in [3.05, 3.63) is 88.5 Å². The average Bonchev–Trinajstić information content (AvgIpc) is 2.98. The quantitative estimate of drug-likeness (QED) is 0.651. The van der Waals surface area contributed by atoms with E-state index in [4.69, 9.17) is 0 Å². The number of amides is 1. The van der Waals surface area contributed by atoms with Crippen molar-refractivity contribution >= 4 is 5.91 Å². The van der Waals surface area contributed by atoms with Crippen LogP contribution in [0.5, 0.6) is 0 Å². The molecule has 0 aliphatic carbocycles. The standard InChI is InChI=1S/C22H24FN3O/c1-4-25(14-18-7-11-21(23)12-8-18)22(27)20-9-5-19(6-10-20)15-26-17(3)13-16(2)24-26/h5-13H,4,14-15H2,1-3H3. The number of carbonyl (C=O) groups is 1. The third-order valence-corrected chi connectivity index (χ3v) is 4.59. The highest BCUT2D eigenvalue weighted by atomic mass is 19.1. The highest BCUT2D eigenvalue weighted by molar-refractivity contribution is 5.94. The van der Waals surface area contributed by atoms with Gasteiger partial charge in [0.25, 0.3) is 5.91 Å². The average molecular weight is 365 g/mol. The van der Waals surface area contributed by atoms with E-state index < -0.39 is 0 Å². The van der Waals surface area contributed by atoms with E-state index >= 15 is 0 Å². The van der Waals surface area contributed by atoms with Crippen molar-refractivity contribution in [3.63, 3.8) is 0 Å². The van der Waals surface area contributed by atoms with Crippen LogP contribution in [0.2, 0.25) is 0 Å². The lowest BCUT2D eigenvalue weighted by molar-refractivity contribution is 0.0752. The molecule has 3 aromatic rings. The fourth-order valence-electron chi connectivity index (χ4n) is 3.08. The van der Waals surface area contributed by atoms with Gasteiger partial charge in [0, 0.05) is 24.3 Å². The maximum Gasteiger partial charge on any atom is 0.254 e. The molecular formula is C22H24FN3O. The van der Waals surface area contributed by atoms with E-state index in [1.165, 1.54) is 12.1 Å². The topological polar surface area (TPSA) is 38.1 Å². The summed E-state index contributed by atoms with van der Waals surface area (Å²) in [6, 6.07) is 16.0. The second kappa shape index (κ2) is 8.16. The molecule has 0 atom stereocenters. The number of aryl methyl sites for hydroxylation is 2. The maximum atomic E-state index is 13.1. The second-order valence-electron chi connectivity index (χ2n) is 6.73. The van der Waals surface area contributed by atoms with Crippen LogP contribution in [0.15, 0.2) is 54.6 Å². The number of benzene rings is 2. The fourth-order valence-corrected chi connectivity index (χ4v) is 3.08. The molecule has 1 heterocycles. The molecule has 0 aliphatic heterocycles. The third-order valence-electron chi connectivity index (χ3n) is 4.59. The van der Waals surface area contributed by atoms with E-state index in [-0.39, 0.29) is 11.7 Å². The molecule has 0 saturated heterocycles. The summed E-state index contributed by atoms with van der Waals surface area (Å²) in [5.74, 6) is -0.300. The molecule has 5 heteroatoms. The second-order valence-corrected chi connectivity index (χ2v) is 6.73. The first-order valence-electron chi connectivity index (χ1n) is 9.10. The summed E-state index contributed by atoms with van der Waals surface area (Å²) in [6.07, 6.45) is 0. The molecule has 0 unspecified atom stereocenters. The van der Waals surface area contributed by atoms with Gasteiger partial charge in [-0.25, -0.2) is 4.39 Å². The largest absolute Gasteiger partial charge is 0.335 e. The van der Waals surface area contributed by atoms with Crippen molar-refractivity contribution in [3.8, 4) is 0 Å². The number of hydrogen-bond donors (Lipinski definition) is 0.